The van der Waals surface area contributed by atoms with Crippen molar-refractivity contribution in [2.75, 3.05) is 38.5 Å². The Morgan fingerprint density at radius 1 is 1.28 bits per heavy atom. The molecule has 8 heteroatoms. The number of methoxy groups -OCH3 is 1. The fourth-order valence-electron chi connectivity index (χ4n) is 1.32. The first kappa shape index (κ1) is 14.4. The molecule has 0 aliphatic rings. The van der Waals surface area contributed by atoms with Crippen LogP contribution >= 0.6 is 0 Å². The van der Waals surface area contributed by atoms with Gasteiger partial charge in [0, 0.05) is 6.04 Å². The second-order valence-electron chi connectivity index (χ2n) is 4.25. The molecule has 4 N–H and O–H groups in total. The average molecular weight is 255 g/mol. The van der Waals surface area contributed by atoms with Crippen molar-refractivity contribution < 1.29 is 4.74 Å². The Morgan fingerprint density at radius 2 is 1.94 bits per heavy atom. The van der Waals surface area contributed by atoms with Gasteiger partial charge in [-0.3, -0.25) is 5.43 Å². The molecule has 0 spiro atoms. The molecule has 1 aromatic heterocycles. The summed E-state index contributed by atoms with van der Waals surface area (Å²) in [5, 5.41) is 3.18. The minimum absolute atomic E-state index is 0.222. The second-order valence-corrected chi connectivity index (χ2v) is 4.25. The number of nitrogens with zero attached hydrogens (tertiary/aromatic N) is 4. The largest absolute Gasteiger partial charge is 0.467 e. The van der Waals surface area contributed by atoms with Crippen LogP contribution in [0.25, 0.3) is 0 Å². The van der Waals surface area contributed by atoms with Crippen LogP contribution < -0.4 is 21.3 Å². The number of ether oxygens (including phenoxy) is 1. The molecule has 0 saturated heterocycles. The zero-order valence-corrected chi connectivity index (χ0v) is 11.3. The number of hydrazine groups is 1. The highest BCUT2D eigenvalue weighted by molar-refractivity contribution is 5.35. The monoisotopic (exact) mass is 255 g/mol. The first-order valence-electron chi connectivity index (χ1n) is 5.73. The molecule has 1 heterocycles. The van der Waals surface area contributed by atoms with E-state index in [2.05, 4.69) is 37.5 Å². The number of anilines is 2. The molecule has 1 unspecified atom stereocenters. The molecule has 0 aliphatic carbocycles. The van der Waals surface area contributed by atoms with E-state index in [1.807, 2.05) is 14.1 Å². The van der Waals surface area contributed by atoms with Crippen LogP contribution in [0.5, 0.6) is 6.01 Å². The maximum Gasteiger partial charge on any atom is 0.322 e. The minimum atomic E-state index is 0.222. The van der Waals surface area contributed by atoms with Gasteiger partial charge < -0.3 is 15.0 Å². The van der Waals surface area contributed by atoms with Crippen molar-refractivity contribution in [2.24, 2.45) is 5.84 Å². The molecule has 0 saturated carbocycles. The summed E-state index contributed by atoms with van der Waals surface area (Å²) in [5.74, 6) is 5.99. The second kappa shape index (κ2) is 6.92. The first-order chi connectivity index (χ1) is 8.55. The summed E-state index contributed by atoms with van der Waals surface area (Å²) in [7, 11) is 5.57. The molecule has 0 aromatic carbocycles. The van der Waals surface area contributed by atoms with Gasteiger partial charge in [0.05, 0.1) is 7.11 Å². The number of aromatic nitrogens is 3. The van der Waals surface area contributed by atoms with E-state index in [9.17, 15) is 0 Å². The number of hydrogen-bond donors (Lipinski definition) is 3. The lowest BCUT2D eigenvalue weighted by Gasteiger charge is -2.16. The predicted octanol–water partition coefficient (Wildman–Crippen LogP) is -0.0821. The molecule has 0 aliphatic heterocycles. The van der Waals surface area contributed by atoms with E-state index in [0.29, 0.717) is 5.95 Å². The summed E-state index contributed by atoms with van der Waals surface area (Å²) in [6.45, 7) is 3.05. The van der Waals surface area contributed by atoms with Gasteiger partial charge in [-0.25, -0.2) is 5.84 Å². The maximum absolute atomic E-state index is 5.28. The van der Waals surface area contributed by atoms with E-state index in [1.54, 1.807) is 0 Å². The highest BCUT2D eigenvalue weighted by atomic mass is 16.5. The third kappa shape index (κ3) is 4.68. The topological polar surface area (TPSA) is 101 Å². The number of nitrogens with two attached hydrogens (primary N) is 1. The molecule has 0 radical (unpaired) electrons. The van der Waals surface area contributed by atoms with E-state index in [4.69, 9.17) is 10.6 Å². The van der Waals surface area contributed by atoms with Gasteiger partial charge in [0.15, 0.2) is 0 Å². The smallest absolute Gasteiger partial charge is 0.322 e. The molecular weight excluding hydrogens is 234 g/mol. The van der Waals surface area contributed by atoms with Gasteiger partial charge in [-0.15, -0.1) is 0 Å². The van der Waals surface area contributed by atoms with Gasteiger partial charge in [0.1, 0.15) is 0 Å². The highest BCUT2D eigenvalue weighted by Crippen LogP contribution is 2.11. The molecule has 102 valence electrons. The van der Waals surface area contributed by atoms with Gasteiger partial charge in [-0.1, -0.05) is 0 Å². The quantitative estimate of drug-likeness (QED) is 0.459. The van der Waals surface area contributed by atoms with Crippen molar-refractivity contribution in [2.45, 2.75) is 19.4 Å². The first-order valence-corrected chi connectivity index (χ1v) is 5.73. The van der Waals surface area contributed by atoms with Crippen molar-refractivity contribution in [1.29, 1.82) is 0 Å². The maximum atomic E-state index is 5.28. The van der Waals surface area contributed by atoms with Crippen LogP contribution in [0.1, 0.15) is 13.3 Å². The van der Waals surface area contributed by atoms with Crippen LogP contribution in [0.4, 0.5) is 11.9 Å². The summed E-state index contributed by atoms with van der Waals surface area (Å²) in [4.78, 5) is 14.3. The van der Waals surface area contributed by atoms with Gasteiger partial charge >= 0.3 is 6.01 Å². The Hall–Kier alpha value is -1.67. The van der Waals surface area contributed by atoms with Gasteiger partial charge in [-0.05, 0) is 34.0 Å². The summed E-state index contributed by atoms with van der Waals surface area (Å²) in [5.41, 5.74) is 2.38. The molecular formula is C10H21N7O. The zero-order chi connectivity index (χ0) is 13.5. The van der Waals surface area contributed by atoms with Crippen LogP contribution in [0.2, 0.25) is 0 Å². The Kier molecular flexibility index (Phi) is 5.53. The fourth-order valence-corrected chi connectivity index (χ4v) is 1.32. The van der Waals surface area contributed by atoms with Crippen molar-refractivity contribution in [3.63, 3.8) is 0 Å². The summed E-state index contributed by atoms with van der Waals surface area (Å²) in [6.07, 6.45) is 0.979. The van der Waals surface area contributed by atoms with Gasteiger partial charge in [-0.2, -0.15) is 15.0 Å². The summed E-state index contributed by atoms with van der Waals surface area (Å²) < 4.78 is 4.97. The Labute approximate surface area is 107 Å². The number of nitrogen functional groups attached to an aromatic ring is 1. The van der Waals surface area contributed by atoms with E-state index >= 15 is 0 Å². The summed E-state index contributed by atoms with van der Waals surface area (Å²) >= 11 is 0. The molecule has 1 aromatic rings. The van der Waals surface area contributed by atoms with Gasteiger partial charge in [0.2, 0.25) is 11.9 Å². The van der Waals surface area contributed by atoms with Crippen molar-refractivity contribution >= 4 is 11.9 Å². The van der Waals surface area contributed by atoms with Crippen LogP contribution in [0, 0.1) is 0 Å². The third-order valence-corrected chi connectivity index (χ3v) is 2.31. The zero-order valence-electron chi connectivity index (χ0n) is 11.3. The summed E-state index contributed by atoms with van der Waals surface area (Å²) in [6, 6.07) is 0.463. The number of rotatable bonds is 7. The highest BCUT2D eigenvalue weighted by Gasteiger charge is 2.09. The molecule has 0 fully saturated rings. The fraction of sp³-hybridized carbons (Fsp3) is 0.700. The molecule has 1 atom stereocenters. The molecule has 0 bridgehead atoms. The lowest BCUT2D eigenvalue weighted by molar-refractivity contribution is 0.378. The van der Waals surface area contributed by atoms with Gasteiger partial charge in [0.25, 0.3) is 0 Å². The Morgan fingerprint density at radius 3 is 2.50 bits per heavy atom. The Balaban J connectivity index is 2.65. The van der Waals surface area contributed by atoms with Crippen LogP contribution in [0.3, 0.4) is 0 Å². The SMILES string of the molecule is COc1nc(NN)nc(NC(C)CCN(C)C)n1. The molecule has 1 rings (SSSR count). The van der Waals surface area contributed by atoms with Crippen molar-refractivity contribution in [1.82, 2.24) is 19.9 Å². The van der Waals surface area contributed by atoms with Crippen molar-refractivity contribution in [3.05, 3.63) is 0 Å². The Bertz CT molecular complexity index is 349. The number of hydrogen-bond acceptors (Lipinski definition) is 8. The minimum Gasteiger partial charge on any atom is -0.467 e. The van der Waals surface area contributed by atoms with E-state index in [1.165, 1.54) is 7.11 Å². The lowest BCUT2D eigenvalue weighted by atomic mass is 10.2. The third-order valence-electron chi connectivity index (χ3n) is 2.31. The van der Waals surface area contributed by atoms with E-state index in [0.717, 1.165) is 13.0 Å². The van der Waals surface area contributed by atoms with Crippen LogP contribution in [0.15, 0.2) is 0 Å². The number of nitrogens with one attached hydrogen (secondary N) is 2. The molecule has 18 heavy (non-hydrogen) atoms. The van der Waals surface area contributed by atoms with E-state index in [-0.39, 0.29) is 18.0 Å². The van der Waals surface area contributed by atoms with Crippen LogP contribution in [-0.2, 0) is 0 Å². The van der Waals surface area contributed by atoms with Crippen molar-refractivity contribution in [3.8, 4) is 6.01 Å². The van der Waals surface area contributed by atoms with Crippen LogP contribution in [-0.4, -0.2) is 53.6 Å². The molecule has 8 nitrogen and oxygen atoms in total. The van der Waals surface area contributed by atoms with E-state index < -0.39 is 0 Å². The lowest BCUT2D eigenvalue weighted by Crippen LogP contribution is -2.24. The standard InChI is InChI=1S/C10H21N7O/c1-7(5-6-17(2)3)12-8-13-9(16-11)15-10(14-8)18-4/h7H,5-6,11H2,1-4H3,(H2,12,13,14,15,16). The molecule has 0 amide bonds. The normalized spacial score (nSPS) is 12.3. The predicted molar refractivity (Wildman–Crippen MR) is 70.4 cm³/mol. The average Bonchev–Trinajstić information content (AvgIpc) is 2.35.